The van der Waals surface area contributed by atoms with Crippen LogP contribution < -0.4 is 0 Å². The van der Waals surface area contributed by atoms with Crippen LogP contribution in [-0.2, 0) is 6.18 Å². The molecule has 0 saturated heterocycles. The van der Waals surface area contributed by atoms with Crippen LogP contribution in [0.3, 0.4) is 0 Å². The van der Waals surface area contributed by atoms with Crippen molar-refractivity contribution in [3.8, 4) is 0 Å². The average molecular weight is 260 g/mol. The van der Waals surface area contributed by atoms with Gasteiger partial charge in [0.2, 0.25) is 0 Å². The first-order chi connectivity index (χ1) is 7.99. The van der Waals surface area contributed by atoms with E-state index in [1.807, 2.05) is 0 Å². The first-order valence-electron chi connectivity index (χ1n) is 4.93. The summed E-state index contributed by atoms with van der Waals surface area (Å²) >= 11 is 3.98. The maximum absolute atomic E-state index is 12.5. The molecule has 0 heterocycles. The van der Waals surface area contributed by atoms with E-state index in [1.54, 1.807) is 6.08 Å². The molecule has 0 radical (unpaired) electrons. The summed E-state index contributed by atoms with van der Waals surface area (Å²) in [5.74, 6) is 0.603. The molecular formula is C12H11F3OS. The third kappa shape index (κ3) is 3.93. The lowest BCUT2D eigenvalue weighted by Crippen LogP contribution is -2.05. The molecule has 0 amide bonds. The molecule has 0 unspecified atom stereocenters. The average Bonchev–Trinajstić information content (AvgIpc) is 2.28. The molecular weight excluding hydrogens is 249 g/mol. The van der Waals surface area contributed by atoms with Crippen molar-refractivity contribution in [2.45, 2.75) is 12.6 Å². The van der Waals surface area contributed by atoms with Gasteiger partial charge in [-0.1, -0.05) is 18.2 Å². The summed E-state index contributed by atoms with van der Waals surface area (Å²) in [4.78, 5) is 10.7. The zero-order chi connectivity index (χ0) is 12.9. The minimum atomic E-state index is -4.40. The minimum absolute atomic E-state index is 0.244. The number of thiol groups is 1. The Labute approximate surface area is 103 Å². The number of hydrogen-bond acceptors (Lipinski definition) is 2. The molecule has 0 spiro atoms. The first kappa shape index (κ1) is 13.8. The van der Waals surface area contributed by atoms with Gasteiger partial charge in [-0.15, -0.1) is 0 Å². The van der Waals surface area contributed by atoms with E-state index < -0.39 is 11.7 Å². The molecule has 0 saturated carbocycles. The van der Waals surface area contributed by atoms with E-state index in [4.69, 9.17) is 0 Å². The standard InChI is InChI=1S/C12H11F3OS/c13-12(14,15)11-5-4-10(8-16)9(7-11)3-1-2-6-17/h1,3-5,7-8,17H,2,6H2. The van der Waals surface area contributed by atoms with Crippen molar-refractivity contribution in [3.05, 3.63) is 41.0 Å². The Morgan fingerprint density at radius 1 is 1.24 bits per heavy atom. The van der Waals surface area contributed by atoms with Crippen LogP contribution in [0.5, 0.6) is 0 Å². The second-order valence-corrected chi connectivity index (χ2v) is 3.82. The highest BCUT2D eigenvalue weighted by molar-refractivity contribution is 7.80. The maximum atomic E-state index is 12.5. The van der Waals surface area contributed by atoms with E-state index in [-0.39, 0.29) is 11.1 Å². The molecule has 1 aromatic carbocycles. The van der Waals surface area contributed by atoms with Gasteiger partial charge >= 0.3 is 6.18 Å². The summed E-state index contributed by atoms with van der Waals surface area (Å²) in [5, 5.41) is 0. The Balaban J connectivity index is 3.11. The molecule has 0 aliphatic heterocycles. The Hall–Kier alpha value is -1.23. The molecule has 0 bridgehead atoms. The van der Waals surface area contributed by atoms with Crippen LogP contribution in [-0.4, -0.2) is 12.0 Å². The summed E-state index contributed by atoms with van der Waals surface area (Å²) < 4.78 is 37.4. The van der Waals surface area contributed by atoms with Crippen LogP contribution in [0.2, 0.25) is 0 Å². The molecule has 5 heteroatoms. The number of aldehydes is 1. The SMILES string of the molecule is O=Cc1ccc(C(F)(F)F)cc1C=CCCS. The molecule has 0 aromatic heterocycles. The number of carbonyl (C=O) groups excluding carboxylic acids is 1. The van der Waals surface area contributed by atoms with E-state index in [1.165, 1.54) is 12.1 Å². The molecule has 0 aliphatic rings. The van der Waals surface area contributed by atoms with Gasteiger partial charge < -0.3 is 0 Å². The van der Waals surface area contributed by atoms with Gasteiger partial charge in [-0.25, -0.2) is 0 Å². The third-order valence-corrected chi connectivity index (χ3v) is 2.39. The van der Waals surface area contributed by atoms with Crippen LogP contribution in [0, 0.1) is 0 Å². The van der Waals surface area contributed by atoms with Crippen LogP contribution in [0.15, 0.2) is 24.3 Å². The number of allylic oxidation sites excluding steroid dienone is 1. The highest BCUT2D eigenvalue weighted by Crippen LogP contribution is 2.30. The van der Waals surface area contributed by atoms with Crippen LogP contribution in [0.1, 0.15) is 27.9 Å². The Bertz CT molecular complexity index is 424. The molecule has 0 fully saturated rings. The van der Waals surface area contributed by atoms with E-state index >= 15 is 0 Å². The fourth-order valence-electron chi connectivity index (χ4n) is 1.29. The van der Waals surface area contributed by atoms with Crippen LogP contribution in [0.4, 0.5) is 13.2 Å². The van der Waals surface area contributed by atoms with Gasteiger partial charge in [0.1, 0.15) is 0 Å². The summed E-state index contributed by atoms with van der Waals surface area (Å²) in [5.41, 5.74) is -0.237. The second-order valence-electron chi connectivity index (χ2n) is 3.37. The van der Waals surface area contributed by atoms with Crippen molar-refractivity contribution in [3.63, 3.8) is 0 Å². The molecule has 92 valence electrons. The lowest BCUT2D eigenvalue weighted by molar-refractivity contribution is -0.137. The van der Waals surface area contributed by atoms with Gasteiger partial charge in [0.05, 0.1) is 5.56 Å². The van der Waals surface area contributed by atoms with Crippen LogP contribution >= 0.6 is 12.6 Å². The van der Waals surface area contributed by atoms with Crippen molar-refractivity contribution in [1.82, 2.24) is 0 Å². The van der Waals surface area contributed by atoms with E-state index in [0.29, 0.717) is 18.5 Å². The molecule has 0 atom stereocenters. The lowest BCUT2D eigenvalue weighted by atomic mass is 10.0. The van der Waals surface area contributed by atoms with Crippen molar-refractivity contribution < 1.29 is 18.0 Å². The normalized spacial score (nSPS) is 12.0. The van der Waals surface area contributed by atoms with Gasteiger partial charge in [0.15, 0.2) is 6.29 Å². The molecule has 17 heavy (non-hydrogen) atoms. The zero-order valence-electron chi connectivity index (χ0n) is 8.87. The maximum Gasteiger partial charge on any atom is 0.416 e. The van der Waals surface area contributed by atoms with Gasteiger partial charge in [-0.2, -0.15) is 25.8 Å². The van der Waals surface area contributed by atoms with Crippen molar-refractivity contribution in [2.24, 2.45) is 0 Å². The monoisotopic (exact) mass is 260 g/mol. The number of alkyl halides is 3. The predicted molar refractivity (Wildman–Crippen MR) is 64.3 cm³/mol. The van der Waals surface area contributed by atoms with Crippen LogP contribution in [0.25, 0.3) is 6.08 Å². The Morgan fingerprint density at radius 3 is 2.47 bits per heavy atom. The molecule has 1 nitrogen and oxygen atoms in total. The minimum Gasteiger partial charge on any atom is -0.298 e. The lowest BCUT2D eigenvalue weighted by Gasteiger charge is -2.08. The fraction of sp³-hybridized carbons (Fsp3) is 0.250. The van der Waals surface area contributed by atoms with E-state index in [0.717, 1.165) is 12.1 Å². The van der Waals surface area contributed by atoms with Gasteiger partial charge in [-0.05, 0) is 29.9 Å². The first-order valence-corrected chi connectivity index (χ1v) is 5.56. The number of benzene rings is 1. The third-order valence-electron chi connectivity index (χ3n) is 2.13. The summed E-state index contributed by atoms with van der Waals surface area (Å²) in [6, 6.07) is 3.05. The molecule has 1 aromatic rings. The molecule has 0 N–H and O–H groups in total. The zero-order valence-corrected chi connectivity index (χ0v) is 9.76. The smallest absolute Gasteiger partial charge is 0.298 e. The van der Waals surface area contributed by atoms with Gasteiger partial charge in [0.25, 0.3) is 0 Å². The fourth-order valence-corrected chi connectivity index (χ4v) is 1.44. The second kappa shape index (κ2) is 5.91. The molecule has 0 aliphatic carbocycles. The number of carbonyl (C=O) groups is 1. The Morgan fingerprint density at radius 2 is 1.94 bits per heavy atom. The highest BCUT2D eigenvalue weighted by atomic mass is 32.1. The predicted octanol–water partition coefficient (Wildman–Crippen LogP) is 3.85. The van der Waals surface area contributed by atoms with Crippen molar-refractivity contribution >= 4 is 25.0 Å². The largest absolute Gasteiger partial charge is 0.416 e. The number of hydrogen-bond donors (Lipinski definition) is 1. The summed E-state index contributed by atoms with van der Waals surface area (Å²) in [6.45, 7) is 0. The summed E-state index contributed by atoms with van der Waals surface area (Å²) in [7, 11) is 0. The quantitative estimate of drug-likeness (QED) is 0.642. The van der Waals surface area contributed by atoms with E-state index in [9.17, 15) is 18.0 Å². The van der Waals surface area contributed by atoms with E-state index in [2.05, 4.69) is 12.6 Å². The Kier molecular flexibility index (Phi) is 4.81. The summed E-state index contributed by atoms with van der Waals surface area (Å²) in [6.07, 6.45) is -0.0175. The topological polar surface area (TPSA) is 17.1 Å². The molecule has 1 rings (SSSR count). The van der Waals surface area contributed by atoms with Crippen molar-refractivity contribution in [1.29, 1.82) is 0 Å². The van der Waals surface area contributed by atoms with Crippen molar-refractivity contribution in [2.75, 3.05) is 5.75 Å². The van der Waals surface area contributed by atoms with Gasteiger partial charge in [0, 0.05) is 5.56 Å². The van der Waals surface area contributed by atoms with Gasteiger partial charge in [-0.3, -0.25) is 4.79 Å². The number of rotatable bonds is 4. The highest BCUT2D eigenvalue weighted by Gasteiger charge is 2.30. The number of halogens is 3.